The molecule has 0 spiro atoms. The van der Waals surface area contributed by atoms with Gasteiger partial charge in [0.25, 0.3) is 5.91 Å². The van der Waals surface area contributed by atoms with E-state index in [0.29, 0.717) is 22.8 Å². The molecule has 0 saturated carbocycles. The van der Waals surface area contributed by atoms with Gasteiger partial charge < -0.3 is 9.68 Å². The van der Waals surface area contributed by atoms with Gasteiger partial charge in [0.2, 0.25) is 0 Å². The van der Waals surface area contributed by atoms with Crippen molar-refractivity contribution in [3.63, 3.8) is 0 Å². The summed E-state index contributed by atoms with van der Waals surface area (Å²) < 4.78 is 5.15. The molecule has 0 aliphatic carbocycles. The number of rotatable bonds is 3. The topological polar surface area (TPSA) is 71.5 Å². The summed E-state index contributed by atoms with van der Waals surface area (Å²) >= 11 is 1.38. The van der Waals surface area contributed by atoms with E-state index in [1.54, 1.807) is 18.2 Å². The lowest BCUT2D eigenvalue weighted by Crippen LogP contribution is -2.29. The smallest absolute Gasteiger partial charge is 0.423 e. The van der Waals surface area contributed by atoms with Crippen molar-refractivity contribution in [1.82, 2.24) is 4.98 Å². The van der Waals surface area contributed by atoms with Crippen molar-refractivity contribution in [3.8, 4) is 11.3 Å². The summed E-state index contributed by atoms with van der Waals surface area (Å²) in [5.41, 5.74) is 5.05. The maximum atomic E-state index is 12.4. The van der Waals surface area contributed by atoms with Crippen LogP contribution in [-0.2, 0) is 11.3 Å². The number of fused-ring (bicyclic) bond motifs is 1. The standard InChI is InChI=1S/C18H15BN2O3S/c1-11-2-4-12(5-3-11)16-10-25-18(20-16)21-17(22)13-6-7-14-9-24-19(23)15(14)8-13/h2-8,10,23H,9H2,1H3,(H,20,21,22). The first-order chi connectivity index (χ1) is 12.1. The van der Waals surface area contributed by atoms with Gasteiger partial charge in [-0.1, -0.05) is 35.9 Å². The lowest BCUT2D eigenvalue weighted by atomic mass is 9.79. The second-order valence-corrected chi connectivity index (χ2v) is 6.79. The first kappa shape index (κ1) is 16.0. The zero-order valence-electron chi connectivity index (χ0n) is 13.5. The van der Waals surface area contributed by atoms with Gasteiger partial charge in [0.1, 0.15) is 0 Å². The number of hydrogen-bond donors (Lipinski definition) is 2. The number of amides is 1. The van der Waals surface area contributed by atoms with Crippen molar-refractivity contribution in [1.29, 1.82) is 0 Å². The number of hydrogen-bond acceptors (Lipinski definition) is 5. The fraction of sp³-hybridized carbons (Fsp3) is 0.111. The molecule has 5 nitrogen and oxygen atoms in total. The minimum absolute atomic E-state index is 0.258. The van der Waals surface area contributed by atoms with Crippen molar-refractivity contribution in [3.05, 3.63) is 64.5 Å². The van der Waals surface area contributed by atoms with E-state index >= 15 is 0 Å². The van der Waals surface area contributed by atoms with Gasteiger partial charge in [0.15, 0.2) is 5.13 Å². The van der Waals surface area contributed by atoms with Crippen LogP contribution in [0, 0.1) is 6.92 Å². The predicted molar refractivity (Wildman–Crippen MR) is 99.1 cm³/mol. The van der Waals surface area contributed by atoms with Crippen LogP contribution in [-0.4, -0.2) is 23.0 Å². The van der Waals surface area contributed by atoms with Crippen LogP contribution in [0.25, 0.3) is 11.3 Å². The lowest BCUT2D eigenvalue weighted by Gasteiger charge is -2.04. The second kappa shape index (κ2) is 6.44. The molecule has 1 aromatic heterocycles. The molecule has 1 aliphatic heterocycles. The van der Waals surface area contributed by atoms with Crippen LogP contribution in [0.4, 0.5) is 5.13 Å². The highest BCUT2D eigenvalue weighted by molar-refractivity contribution is 7.14. The quantitative estimate of drug-likeness (QED) is 0.713. The summed E-state index contributed by atoms with van der Waals surface area (Å²) in [7, 11) is -0.962. The second-order valence-electron chi connectivity index (χ2n) is 5.94. The number of anilines is 1. The van der Waals surface area contributed by atoms with Crippen molar-refractivity contribution >= 4 is 35.0 Å². The molecule has 0 fully saturated rings. The van der Waals surface area contributed by atoms with Gasteiger partial charge in [0.05, 0.1) is 12.3 Å². The van der Waals surface area contributed by atoms with Gasteiger partial charge in [-0.3, -0.25) is 10.1 Å². The number of benzene rings is 2. The molecule has 0 radical (unpaired) electrons. The molecule has 0 bridgehead atoms. The van der Waals surface area contributed by atoms with Crippen LogP contribution < -0.4 is 10.8 Å². The highest BCUT2D eigenvalue weighted by Gasteiger charge is 2.28. The molecule has 3 aromatic rings. The molecule has 2 heterocycles. The Bertz CT molecular complexity index is 940. The largest absolute Gasteiger partial charge is 0.491 e. The van der Waals surface area contributed by atoms with E-state index in [1.807, 2.05) is 36.6 Å². The predicted octanol–water partition coefficient (Wildman–Crippen LogP) is 2.59. The van der Waals surface area contributed by atoms with Crippen molar-refractivity contribution in [2.24, 2.45) is 0 Å². The third kappa shape index (κ3) is 3.21. The first-order valence-electron chi connectivity index (χ1n) is 7.86. The van der Waals surface area contributed by atoms with Gasteiger partial charge in [-0.15, -0.1) is 11.3 Å². The van der Waals surface area contributed by atoms with E-state index < -0.39 is 7.12 Å². The average Bonchev–Trinajstić information content (AvgIpc) is 3.22. The molecule has 1 aliphatic rings. The van der Waals surface area contributed by atoms with Gasteiger partial charge in [-0.2, -0.15) is 0 Å². The van der Waals surface area contributed by atoms with Gasteiger partial charge in [-0.05, 0) is 30.1 Å². The van der Waals surface area contributed by atoms with Crippen molar-refractivity contribution in [2.45, 2.75) is 13.5 Å². The zero-order valence-corrected chi connectivity index (χ0v) is 14.3. The Morgan fingerprint density at radius 3 is 2.88 bits per heavy atom. The van der Waals surface area contributed by atoms with E-state index in [4.69, 9.17) is 4.65 Å². The maximum Gasteiger partial charge on any atom is 0.491 e. The number of carbonyl (C=O) groups is 1. The molecule has 1 amide bonds. The molecule has 0 atom stereocenters. The van der Waals surface area contributed by atoms with Crippen molar-refractivity contribution < 1.29 is 14.5 Å². The molecule has 25 heavy (non-hydrogen) atoms. The van der Waals surface area contributed by atoms with E-state index in [0.717, 1.165) is 16.8 Å². The summed E-state index contributed by atoms with van der Waals surface area (Å²) in [6.45, 7) is 2.40. The highest BCUT2D eigenvalue weighted by Crippen LogP contribution is 2.25. The summed E-state index contributed by atoms with van der Waals surface area (Å²) in [6, 6.07) is 13.3. The van der Waals surface area contributed by atoms with Crippen LogP contribution in [0.1, 0.15) is 21.5 Å². The van der Waals surface area contributed by atoms with E-state index in [9.17, 15) is 9.82 Å². The zero-order chi connectivity index (χ0) is 17.4. The molecule has 0 unspecified atom stereocenters. The maximum absolute atomic E-state index is 12.4. The van der Waals surface area contributed by atoms with Gasteiger partial charge in [0, 0.05) is 16.5 Å². The number of nitrogens with one attached hydrogen (secondary N) is 1. The molecule has 2 N–H and O–H groups in total. The number of carbonyl (C=O) groups excluding carboxylic acids is 1. The normalized spacial score (nSPS) is 13.0. The Hall–Kier alpha value is -2.48. The third-order valence-electron chi connectivity index (χ3n) is 4.14. The Kier molecular flexibility index (Phi) is 4.13. The van der Waals surface area contributed by atoms with Crippen LogP contribution >= 0.6 is 11.3 Å². The number of aromatic nitrogens is 1. The van der Waals surface area contributed by atoms with Crippen molar-refractivity contribution in [2.75, 3.05) is 5.32 Å². The van der Waals surface area contributed by atoms with E-state index in [2.05, 4.69) is 10.3 Å². The molecule has 124 valence electrons. The highest BCUT2D eigenvalue weighted by atomic mass is 32.1. The van der Waals surface area contributed by atoms with Crippen LogP contribution in [0.3, 0.4) is 0 Å². The Labute approximate surface area is 149 Å². The SMILES string of the molecule is Cc1ccc(-c2csc(NC(=O)c3ccc4c(c3)B(O)OC4)n2)cc1. The summed E-state index contributed by atoms with van der Waals surface area (Å²) in [4.78, 5) is 16.9. The third-order valence-corrected chi connectivity index (χ3v) is 4.90. The fourth-order valence-corrected chi connectivity index (χ4v) is 3.43. The summed E-state index contributed by atoms with van der Waals surface area (Å²) in [6.07, 6.45) is 0. The van der Waals surface area contributed by atoms with Crippen LogP contribution in [0.2, 0.25) is 0 Å². The minimum atomic E-state index is -0.962. The number of nitrogens with zero attached hydrogens (tertiary/aromatic N) is 1. The molecular formula is C18H15BN2O3S. The molecule has 4 rings (SSSR count). The Morgan fingerprint density at radius 1 is 1.28 bits per heavy atom. The van der Waals surface area contributed by atoms with Crippen LogP contribution in [0.5, 0.6) is 0 Å². The molecular weight excluding hydrogens is 335 g/mol. The lowest BCUT2D eigenvalue weighted by molar-refractivity contribution is 0.102. The number of thiazole rings is 1. The summed E-state index contributed by atoms with van der Waals surface area (Å²) in [5, 5.41) is 15.0. The summed E-state index contributed by atoms with van der Waals surface area (Å²) in [5.74, 6) is -0.258. The fourth-order valence-electron chi connectivity index (χ4n) is 2.71. The van der Waals surface area contributed by atoms with E-state index in [-0.39, 0.29) is 5.91 Å². The number of aryl methyl sites for hydroxylation is 1. The average molecular weight is 350 g/mol. The molecule has 2 aromatic carbocycles. The monoisotopic (exact) mass is 350 g/mol. The van der Waals surface area contributed by atoms with E-state index in [1.165, 1.54) is 16.9 Å². The first-order valence-corrected chi connectivity index (χ1v) is 8.74. The van der Waals surface area contributed by atoms with Crippen LogP contribution in [0.15, 0.2) is 47.8 Å². The molecule has 0 saturated heterocycles. The van der Waals surface area contributed by atoms with Gasteiger partial charge >= 0.3 is 7.12 Å². The Morgan fingerprint density at radius 2 is 2.08 bits per heavy atom. The molecule has 7 heteroatoms. The minimum Gasteiger partial charge on any atom is -0.423 e. The van der Waals surface area contributed by atoms with Gasteiger partial charge in [-0.25, -0.2) is 4.98 Å². The Balaban J connectivity index is 1.52.